The Bertz CT molecular complexity index is 1060. The van der Waals surface area contributed by atoms with Crippen LogP contribution in [-0.4, -0.2) is 36.4 Å². The highest BCUT2D eigenvalue weighted by atomic mass is 16.6. The van der Waals surface area contributed by atoms with Gasteiger partial charge in [-0.25, -0.2) is 4.79 Å². The molecule has 1 atom stereocenters. The van der Waals surface area contributed by atoms with Crippen molar-refractivity contribution < 1.29 is 28.3 Å². The highest BCUT2D eigenvalue weighted by Crippen LogP contribution is 2.31. The van der Waals surface area contributed by atoms with Gasteiger partial charge in [0.05, 0.1) is 25.9 Å². The maximum absolute atomic E-state index is 12.2. The van der Waals surface area contributed by atoms with Gasteiger partial charge in [-0.1, -0.05) is 5.16 Å². The maximum Gasteiger partial charge on any atom is 0.347 e. The zero-order valence-electron chi connectivity index (χ0n) is 16.6. The van der Waals surface area contributed by atoms with E-state index in [0.717, 1.165) is 0 Å². The van der Waals surface area contributed by atoms with Gasteiger partial charge in [0.1, 0.15) is 5.75 Å². The number of aromatic nitrogens is 2. The van der Waals surface area contributed by atoms with Crippen LogP contribution >= 0.6 is 0 Å². The zero-order valence-corrected chi connectivity index (χ0v) is 16.6. The fourth-order valence-corrected chi connectivity index (χ4v) is 2.52. The molecule has 3 rings (SSSR count). The predicted octanol–water partition coefficient (Wildman–Crippen LogP) is 3.14. The molecule has 0 aliphatic heterocycles. The highest BCUT2D eigenvalue weighted by Gasteiger charge is 2.19. The quantitative estimate of drug-likeness (QED) is 0.517. The lowest BCUT2D eigenvalue weighted by Gasteiger charge is -2.13. The molecular formula is C21H19N3O6. The molecule has 0 aliphatic carbocycles. The number of methoxy groups -OCH3 is 2. The number of carbonyl (C=O) groups is 1. The van der Waals surface area contributed by atoms with Gasteiger partial charge in [-0.3, -0.25) is 0 Å². The van der Waals surface area contributed by atoms with E-state index in [1.165, 1.54) is 7.11 Å². The van der Waals surface area contributed by atoms with E-state index in [0.29, 0.717) is 34.2 Å². The lowest BCUT2D eigenvalue weighted by Crippen LogP contribution is -2.26. The summed E-state index contributed by atoms with van der Waals surface area (Å²) in [6.07, 6.45) is -0.855. The Hall–Kier alpha value is -4.06. The van der Waals surface area contributed by atoms with Crippen LogP contribution in [0, 0.1) is 11.3 Å². The molecule has 0 amide bonds. The van der Waals surface area contributed by atoms with Crippen molar-refractivity contribution >= 4 is 5.97 Å². The molecule has 0 N–H and O–H groups in total. The van der Waals surface area contributed by atoms with Crippen LogP contribution in [0.3, 0.4) is 0 Å². The van der Waals surface area contributed by atoms with Crippen molar-refractivity contribution in [3.05, 3.63) is 53.9 Å². The third-order valence-electron chi connectivity index (χ3n) is 4.08. The van der Waals surface area contributed by atoms with E-state index in [4.69, 9.17) is 28.7 Å². The standard InChI is InChI=1S/C21H19N3O6/c1-13(29-16-7-4-14(11-22)5-8-16)21(25)28-12-19-23-20(24-30-19)15-6-9-17(26-2)18(10-15)27-3/h4-10,13H,12H2,1-3H3/t13-/m0/s1. The molecule has 0 saturated carbocycles. The van der Waals surface area contributed by atoms with Crippen molar-refractivity contribution in [2.75, 3.05) is 14.2 Å². The van der Waals surface area contributed by atoms with Crippen LogP contribution in [0.15, 0.2) is 47.0 Å². The molecule has 2 aromatic carbocycles. The first-order chi connectivity index (χ1) is 14.5. The van der Waals surface area contributed by atoms with E-state index >= 15 is 0 Å². The molecule has 0 saturated heterocycles. The molecule has 1 aromatic heterocycles. The van der Waals surface area contributed by atoms with Crippen molar-refractivity contribution in [1.29, 1.82) is 5.26 Å². The van der Waals surface area contributed by atoms with Crippen molar-refractivity contribution in [1.82, 2.24) is 10.1 Å². The third-order valence-corrected chi connectivity index (χ3v) is 4.08. The smallest absolute Gasteiger partial charge is 0.347 e. The van der Waals surface area contributed by atoms with E-state index in [1.54, 1.807) is 56.5 Å². The average Bonchev–Trinajstić information content (AvgIpc) is 3.26. The number of ether oxygens (including phenoxy) is 4. The molecule has 154 valence electrons. The Morgan fingerprint density at radius 2 is 1.87 bits per heavy atom. The SMILES string of the molecule is COc1ccc(-c2noc(COC(=O)[C@H](C)Oc3ccc(C#N)cc3)n2)cc1OC. The monoisotopic (exact) mass is 409 g/mol. The molecule has 9 nitrogen and oxygen atoms in total. The van der Waals surface area contributed by atoms with Gasteiger partial charge in [0.2, 0.25) is 5.82 Å². The van der Waals surface area contributed by atoms with Crippen LogP contribution in [0.1, 0.15) is 18.4 Å². The minimum absolute atomic E-state index is 0.138. The number of carbonyl (C=O) groups excluding carboxylic acids is 1. The lowest BCUT2D eigenvalue weighted by atomic mass is 10.2. The molecule has 0 fully saturated rings. The lowest BCUT2D eigenvalue weighted by molar-refractivity contribution is -0.153. The summed E-state index contributed by atoms with van der Waals surface area (Å²) in [5, 5.41) is 12.7. The van der Waals surface area contributed by atoms with Gasteiger partial charge in [-0.15, -0.1) is 0 Å². The number of esters is 1. The molecule has 1 heterocycles. The van der Waals surface area contributed by atoms with Gasteiger partial charge >= 0.3 is 5.97 Å². The molecule has 0 unspecified atom stereocenters. The first-order valence-corrected chi connectivity index (χ1v) is 8.92. The van der Waals surface area contributed by atoms with Gasteiger partial charge in [0.15, 0.2) is 24.2 Å². The Morgan fingerprint density at radius 3 is 2.53 bits per heavy atom. The summed E-state index contributed by atoms with van der Waals surface area (Å²) in [6, 6.07) is 13.6. The minimum atomic E-state index is -0.855. The second-order valence-corrected chi connectivity index (χ2v) is 6.09. The fraction of sp³-hybridized carbons (Fsp3) is 0.238. The Labute approximate surface area is 172 Å². The van der Waals surface area contributed by atoms with Crippen molar-refractivity contribution in [2.24, 2.45) is 0 Å². The van der Waals surface area contributed by atoms with E-state index < -0.39 is 12.1 Å². The van der Waals surface area contributed by atoms with Crippen LogP contribution in [-0.2, 0) is 16.1 Å². The second kappa shape index (κ2) is 9.43. The summed E-state index contributed by atoms with van der Waals surface area (Å²) in [6.45, 7) is 1.36. The summed E-state index contributed by atoms with van der Waals surface area (Å²) >= 11 is 0. The molecule has 0 bridgehead atoms. The number of nitriles is 1. The van der Waals surface area contributed by atoms with E-state index in [-0.39, 0.29) is 12.5 Å². The van der Waals surface area contributed by atoms with Crippen LogP contribution < -0.4 is 14.2 Å². The summed E-state index contributed by atoms with van der Waals surface area (Å²) in [4.78, 5) is 16.4. The summed E-state index contributed by atoms with van der Waals surface area (Å²) in [5.74, 6) is 1.43. The van der Waals surface area contributed by atoms with E-state index in [9.17, 15) is 4.79 Å². The number of nitrogens with zero attached hydrogens (tertiary/aromatic N) is 3. The predicted molar refractivity (Wildman–Crippen MR) is 104 cm³/mol. The average molecular weight is 409 g/mol. The summed E-state index contributed by atoms with van der Waals surface area (Å²) in [7, 11) is 3.08. The molecule has 3 aromatic rings. The van der Waals surface area contributed by atoms with Gasteiger partial charge in [0.25, 0.3) is 5.89 Å². The van der Waals surface area contributed by atoms with E-state index in [1.807, 2.05) is 6.07 Å². The zero-order chi connectivity index (χ0) is 21.5. The molecule has 0 spiro atoms. The second-order valence-electron chi connectivity index (χ2n) is 6.09. The van der Waals surface area contributed by atoms with Crippen molar-refractivity contribution in [3.63, 3.8) is 0 Å². The molecule has 9 heteroatoms. The van der Waals surface area contributed by atoms with Crippen LogP contribution in [0.25, 0.3) is 11.4 Å². The van der Waals surface area contributed by atoms with Crippen LogP contribution in [0.2, 0.25) is 0 Å². The van der Waals surface area contributed by atoms with Crippen molar-refractivity contribution in [2.45, 2.75) is 19.6 Å². The molecule has 0 radical (unpaired) electrons. The number of rotatable bonds is 8. The van der Waals surface area contributed by atoms with Crippen LogP contribution in [0.4, 0.5) is 0 Å². The first-order valence-electron chi connectivity index (χ1n) is 8.92. The molecule has 0 aliphatic rings. The molecule has 30 heavy (non-hydrogen) atoms. The fourth-order valence-electron chi connectivity index (χ4n) is 2.52. The van der Waals surface area contributed by atoms with Gasteiger partial charge in [0, 0.05) is 5.56 Å². The number of benzene rings is 2. The topological polar surface area (TPSA) is 117 Å². The maximum atomic E-state index is 12.2. The summed E-state index contributed by atoms with van der Waals surface area (Å²) < 4.78 is 26.3. The van der Waals surface area contributed by atoms with Gasteiger partial charge in [-0.2, -0.15) is 10.2 Å². The minimum Gasteiger partial charge on any atom is -0.493 e. The molecular weight excluding hydrogens is 390 g/mol. The highest BCUT2D eigenvalue weighted by molar-refractivity contribution is 5.74. The Kier molecular flexibility index (Phi) is 6.49. The van der Waals surface area contributed by atoms with E-state index in [2.05, 4.69) is 10.1 Å². The number of hydrogen-bond donors (Lipinski definition) is 0. The largest absolute Gasteiger partial charge is 0.493 e. The first kappa shape index (κ1) is 20.7. The van der Waals surface area contributed by atoms with Crippen molar-refractivity contribution in [3.8, 4) is 34.7 Å². The van der Waals surface area contributed by atoms with Gasteiger partial charge < -0.3 is 23.5 Å². The van der Waals surface area contributed by atoms with Crippen LogP contribution in [0.5, 0.6) is 17.2 Å². The third kappa shape index (κ3) is 4.86. The number of hydrogen-bond acceptors (Lipinski definition) is 9. The normalized spacial score (nSPS) is 11.3. The Morgan fingerprint density at radius 1 is 1.13 bits per heavy atom. The summed E-state index contributed by atoms with van der Waals surface area (Å²) in [5.41, 5.74) is 1.16. The Balaban J connectivity index is 1.58. The van der Waals surface area contributed by atoms with Gasteiger partial charge in [-0.05, 0) is 49.4 Å².